The van der Waals surface area contributed by atoms with Crippen LogP contribution in [0, 0.1) is 6.92 Å². The van der Waals surface area contributed by atoms with Crippen LogP contribution in [0.4, 0.5) is 13.2 Å². The number of nitrogens with one attached hydrogen (secondary N) is 1. The standard InChI is InChI=1S/C17H18F3N5O/c1-10(12-8-21-24(3)11(12)2)22-15(26)9-25-14-7-5-4-6-13(14)23-16(25)17(18,19)20/h4-8,10H,9H2,1-3H3,(H,22,26). The molecule has 1 aromatic carbocycles. The Bertz CT molecular complexity index is 957. The van der Waals surface area contributed by atoms with Gasteiger partial charge in [0.1, 0.15) is 6.54 Å². The first-order chi connectivity index (χ1) is 12.2. The molecule has 3 aromatic rings. The predicted molar refractivity (Wildman–Crippen MR) is 89.2 cm³/mol. The molecule has 2 aromatic heterocycles. The molecule has 0 radical (unpaired) electrons. The van der Waals surface area contributed by atoms with Crippen LogP contribution in [-0.2, 0) is 24.6 Å². The van der Waals surface area contributed by atoms with Crippen LogP contribution in [0.15, 0.2) is 30.5 Å². The van der Waals surface area contributed by atoms with Gasteiger partial charge in [0.2, 0.25) is 11.7 Å². The van der Waals surface area contributed by atoms with Crippen LogP contribution >= 0.6 is 0 Å². The number of nitrogens with zero attached hydrogens (tertiary/aromatic N) is 4. The van der Waals surface area contributed by atoms with Crippen LogP contribution in [0.5, 0.6) is 0 Å². The number of benzene rings is 1. The van der Waals surface area contributed by atoms with Crippen molar-refractivity contribution in [2.24, 2.45) is 7.05 Å². The summed E-state index contributed by atoms with van der Waals surface area (Å²) in [5.41, 5.74) is 2.15. The quantitative estimate of drug-likeness (QED) is 0.773. The zero-order valence-electron chi connectivity index (χ0n) is 14.5. The third kappa shape index (κ3) is 3.29. The van der Waals surface area contributed by atoms with E-state index in [1.54, 1.807) is 37.0 Å². The Morgan fingerprint density at radius 3 is 2.62 bits per heavy atom. The van der Waals surface area contributed by atoms with E-state index in [1.165, 1.54) is 12.1 Å². The van der Waals surface area contributed by atoms with Gasteiger partial charge in [0.15, 0.2) is 0 Å². The smallest absolute Gasteiger partial charge is 0.348 e. The minimum absolute atomic E-state index is 0.198. The number of hydrogen-bond acceptors (Lipinski definition) is 3. The molecule has 1 amide bonds. The second-order valence-electron chi connectivity index (χ2n) is 6.11. The summed E-state index contributed by atoms with van der Waals surface area (Å²) < 4.78 is 42.4. The summed E-state index contributed by atoms with van der Waals surface area (Å²) >= 11 is 0. The summed E-state index contributed by atoms with van der Waals surface area (Å²) in [6.07, 6.45) is -3.01. The zero-order chi connectivity index (χ0) is 19.1. The molecule has 6 nitrogen and oxygen atoms in total. The molecular weight excluding hydrogens is 347 g/mol. The number of carbonyl (C=O) groups is 1. The number of carbonyl (C=O) groups excluding carboxylic acids is 1. The molecule has 0 saturated heterocycles. The number of imidazole rings is 1. The van der Waals surface area contributed by atoms with Crippen molar-refractivity contribution in [1.29, 1.82) is 0 Å². The first-order valence-corrected chi connectivity index (χ1v) is 7.99. The van der Waals surface area contributed by atoms with Crippen LogP contribution in [0.1, 0.15) is 30.0 Å². The minimum atomic E-state index is -4.65. The Balaban J connectivity index is 1.86. The Hall–Kier alpha value is -2.84. The van der Waals surface area contributed by atoms with E-state index in [9.17, 15) is 18.0 Å². The fraction of sp³-hybridized carbons (Fsp3) is 0.353. The van der Waals surface area contributed by atoms with Crippen LogP contribution in [0.3, 0.4) is 0 Å². The van der Waals surface area contributed by atoms with E-state index in [2.05, 4.69) is 15.4 Å². The van der Waals surface area contributed by atoms with E-state index >= 15 is 0 Å². The Morgan fingerprint density at radius 2 is 2.00 bits per heavy atom. The maximum absolute atomic E-state index is 13.3. The van der Waals surface area contributed by atoms with Gasteiger partial charge in [-0.05, 0) is 26.0 Å². The van der Waals surface area contributed by atoms with Crippen molar-refractivity contribution >= 4 is 16.9 Å². The molecule has 0 aliphatic rings. The number of amides is 1. The second kappa shape index (κ2) is 6.47. The second-order valence-corrected chi connectivity index (χ2v) is 6.11. The maximum atomic E-state index is 13.3. The highest BCUT2D eigenvalue weighted by Gasteiger charge is 2.38. The monoisotopic (exact) mass is 365 g/mol. The van der Waals surface area contributed by atoms with Gasteiger partial charge < -0.3 is 9.88 Å². The van der Waals surface area contributed by atoms with Crippen molar-refractivity contribution in [1.82, 2.24) is 24.6 Å². The molecule has 138 valence electrons. The number of aryl methyl sites for hydroxylation is 1. The third-order valence-electron chi connectivity index (χ3n) is 4.33. The zero-order valence-corrected chi connectivity index (χ0v) is 14.5. The highest BCUT2D eigenvalue weighted by molar-refractivity contribution is 5.81. The molecule has 0 spiro atoms. The molecule has 1 unspecified atom stereocenters. The largest absolute Gasteiger partial charge is 0.449 e. The Kier molecular flexibility index (Phi) is 4.47. The van der Waals surface area contributed by atoms with Gasteiger partial charge in [0.05, 0.1) is 23.3 Å². The van der Waals surface area contributed by atoms with Crippen molar-refractivity contribution < 1.29 is 18.0 Å². The van der Waals surface area contributed by atoms with E-state index < -0.39 is 24.5 Å². The van der Waals surface area contributed by atoms with Crippen molar-refractivity contribution in [3.05, 3.63) is 47.5 Å². The average molecular weight is 365 g/mol. The summed E-state index contributed by atoms with van der Waals surface area (Å²) in [6.45, 7) is 3.15. The number of hydrogen-bond donors (Lipinski definition) is 1. The summed E-state index contributed by atoms with van der Waals surface area (Å²) in [5.74, 6) is -1.62. The highest BCUT2D eigenvalue weighted by atomic mass is 19.4. The van der Waals surface area contributed by atoms with Gasteiger partial charge in [-0.15, -0.1) is 0 Å². The molecule has 2 heterocycles. The van der Waals surface area contributed by atoms with Gasteiger partial charge >= 0.3 is 6.18 Å². The molecule has 0 fully saturated rings. The van der Waals surface area contributed by atoms with E-state index in [4.69, 9.17) is 0 Å². The molecule has 0 saturated carbocycles. The van der Waals surface area contributed by atoms with E-state index in [-0.39, 0.29) is 17.1 Å². The molecule has 3 rings (SSSR count). The van der Waals surface area contributed by atoms with Crippen molar-refractivity contribution in [3.63, 3.8) is 0 Å². The van der Waals surface area contributed by atoms with Crippen LogP contribution < -0.4 is 5.32 Å². The minimum Gasteiger partial charge on any atom is -0.348 e. The fourth-order valence-electron chi connectivity index (χ4n) is 2.90. The first-order valence-electron chi connectivity index (χ1n) is 7.99. The van der Waals surface area contributed by atoms with E-state index in [1.807, 2.05) is 6.92 Å². The van der Waals surface area contributed by atoms with Crippen molar-refractivity contribution in [2.45, 2.75) is 32.6 Å². The lowest BCUT2D eigenvalue weighted by Gasteiger charge is -2.16. The van der Waals surface area contributed by atoms with Gasteiger partial charge in [-0.25, -0.2) is 4.98 Å². The van der Waals surface area contributed by atoms with Gasteiger partial charge in [0.25, 0.3) is 0 Å². The van der Waals surface area contributed by atoms with Gasteiger partial charge in [0, 0.05) is 18.3 Å². The van der Waals surface area contributed by atoms with Gasteiger partial charge in [-0.2, -0.15) is 18.3 Å². The van der Waals surface area contributed by atoms with Crippen LogP contribution in [0.25, 0.3) is 11.0 Å². The molecule has 9 heteroatoms. The topological polar surface area (TPSA) is 64.7 Å². The highest BCUT2D eigenvalue weighted by Crippen LogP contribution is 2.31. The maximum Gasteiger partial charge on any atom is 0.449 e. The molecule has 0 aliphatic heterocycles. The lowest BCUT2D eigenvalue weighted by Crippen LogP contribution is -2.31. The van der Waals surface area contributed by atoms with E-state index in [0.29, 0.717) is 0 Å². The van der Waals surface area contributed by atoms with Crippen molar-refractivity contribution in [2.75, 3.05) is 0 Å². The summed E-state index contributed by atoms with van der Waals surface area (Å²) in [4.78, 5) is 16.0. The SMILES string of the molecule is Cc1c(C(C)NC(=O)Cn2c(C(F)(F)F)nc3ccccc32)cnn1C. The third-order valence-corrected chi connectivity index (χ3v) is 4.33. The van der Waals surface area contributed by atoms with Crippen molar-refractivity contribution in [3.8, 4) is 0 Å². The number of rotatable bonds is 4. The lowest BCUT2D eigenvalue weighted by atomic mass is 10.1. The number of halogens is 3. The number of fused-ring (bicyclic) bond motifs is 1. The van der Waals surface area contributed by atoms with Crippen LogP contribution in [0.2, 0.25) is 0 Å². The molecular formula is C17H18F3N5O. The van der Waals surface area contributed by atoms with E-state index in [0.717, 1.165) is 15.8 Å². The summed E-state index contributed by atoms with van der Waals surface area (Å²) in [5, 5.41) is 6.83. The predicted octanol–water partition coefficient (Wildman–Crippen LogP) is 2.97. The number of alkyl halides is 3. The molecule has 1 atom stereocenters. The van der Waals surface area contributed by atoms with Gasteiger partial charge in [-0.3, -0.25) is 9.48 Å². The molecule has 0 aliphatic carbocycles. The molecule has 26 heavy (non-hydrogen) atoms. The molecule has 1 N–H and O–H groups in total. The molecule has 0 bridgehead atoms. The number of aromatic nitrogens is 4. The lowest BCUT2D eigenvalue weighted by molar-refractivity contribution is -0.147. The van der Waals surface area contributed by atoms with Crippen LogP contribution in [-0.4, -0.2) is 25.2 Å². The fourth-order valence-corrected chi connectivity index (χ4v) is 2.90. The normalized spacial score (nSPS) is 13.2. The van der Waals surface area contributed by atoms with Gasteiger partial charge in [-0.1, -0.05) is 12.1 Å². The first kappa shape index (κ1) is 18.0. The Labute approximate surface area is 147 Å². The average Bonchev–Trinajstić information content (AvgIpc) is 3.09. The summed E-state index contributed by atoms with van der Waals surface area (Å²) in [7, 11) is 1.78. The number of para-hydroxylation sites is 2. The Morgan fingerprint density at radius 1 is 1.31 bits per heavy atom. The summed E-state index contributed by atoms with van der Waals surface area (Å²) in [6, 6.07) is 5.84.